The van der Waals surface area contributed by atoms with E-state index in [-0.39, 0.29) is 18.4 Å². The number of carbonyl (C=O) groups excluding carboxylic acids is 2. The van der Waals surface area contributed by atoms with Crippen molar-refractivity contribution in [3.63, 3.8) is 0 Å². The maximum Gasteiger partial charge on any atom is 0.267 e. The lowest BCUT2D eigenvalue weighted by Crippen LogP contribution is -2.48. The highest BCUT2D eigenvalue weighted by Crippen LogP contribution is 2.33. The predicted molar refractivity (Wildman–Crippen MR) is 99.3 cm³/mol. The molecule has 6 heteroatoms. The van der Waals surface area contributed by atoms with Gasteiger partial charge in [-0.3, -0.25) is 14.6 Å². The van der Waals surface area contributed by atoms with Crippen molar-refractivity contribution in [1.29, 1.82) is 0 Å². The van der Waals surface area contributed by atoms with Gasteiger partial charge >= 0.3 is 0 Å². The van der Waals surface area contributed by atoms with Crippen LogP contribution in [0.1, 0.15) is 6.92 Å². The summed E-state index contributed by atoms with van der Waals surface area (Å²) < 4.78 is 5.84. The van der Waals surface area contributed by atoms with E-state index in [0.29, 0.717) is 17.1 Å². The Balaban J connectivity index is 1.62. The van der Waals surface area contributed by atoms with E-state index >= 15 is 0 Å². The van der Waals surface area contributed by atoms with E-state index in [2.05, 4.69) is 10.3 Å². The molecule has 0 fully saturated rings. The molecule has 0 aliphatic carbocycles. The zero-order valence-electron chi connectivity index (χ0n) is 14.2. The molecule has 2 aromatic carbocycles. The van der Waals surface area contributed by atoms with Gasteiger partial charge in [-0.1, -0.05) is 18.2 Å². The third-order valence-electron chi connectivity index (χ3n) is 4.35. The first-order valence-corrected chi connectivity index (χ1v) is 8.32. The first-order valence-electron chi connectivity index (χ1n) is 8.32. The predicted octanol–water partition coefficient (Wildman–Crippen LogP) is 2.99. The molecule has 26 heavy (non-hydrogen) atoms. The number of anilines is 2. The SMILES string of the molecule is CC(=O)N1C[C@@H](C(=O)Nc2cccc3ncccc23)Oc2ccccc21. The molecule has 2 heterocycles. The molecule has 3 aromatic rings. The van der Waals surface area contributed by atoms with Crippen LogP contribution in [0.15, 0.2) is 60.8 Å². The summed E-state index contributed by atoms with van der Waals surface area (Å²) in [7, 11) is 0. The summed E-state index contributed by atoms with van der Waals surface area (Å²) >= 11 is 0. The molecule has 0 bridgehead atoms. The molecule has 1 N–H and O–H groups in total. The Bertz CT molecular complexity index is 997. The molecular formula is C20H17N3O3. The number of pyridine rings is 1. The van der Waals surface area contributed by atoms with Gasteiger partial charge in [0.25, 0.3) is 5.91 Å². The normalized spacial score (nSPS) is 15.9. The molecule has 1 aliphatic heterocycles. The van der Waals surface area contributed by atoms with E-state index in [1.807, 2.05) is 42.5 Å². The Morgan fingerprint density at radius 2 is 1.96 bits per heavy atom. The van der Waals surface area contributed by atoms with Crippen LogP contribution in [0, 0.1) is 0 Å². The van der Waals surface area contributed by atoms with Crippen LogP contribution >= 0.6 is 0 Å². The van der Waals surface area contributed by atoms with E-state index in [9.17, 15) is 9.59 Å². The highest BCUT2D eigenvalue weighted by Gasteiger charge is 2.32. The third kappa shape index (κ3) is 2.86. The van der Waals surface area contributed by atoms with Gasteiger partial charge < -0.3 is 15.0 Å². The quantitative estimate of drug-likeness (QED) is 0.774. The molecule has 0 spiro atoms. The minimum Gasteiger partial charge on any atom is -0.476 e. The number of rotatable bonds is 2. The monoisotopic (exact) mass is 347 g/mol. The van der Waals surface area contributed by atoms with Crippen LogP contribution in [0.3, 0.4) is 0 Å². The number of carbonyl (C=O) groups is 2. The molecule has 1 atom stereocenters. The molecular weight excluding hydrogens is 330 g/mol. The Labute approximate surface area is 150 Å². The fraction of sp³-hybridized carbons (Fsp3) is 0.150. The third-order valence-corrected chi connectivity index (χ3v) is 4.35. The van der Waals surface area contributed by atoms with Crippen LogP contribution < -0.4 is 15.0 Å². The van der Waals surface area contributed by atoms with Crippen molar-refractivity contribution in [2.45, 2.75) is 13.0 Å². The number of aromatic nitrogens is 1. The van der Waals surface area contributed by atoms with Gasteiger partial charge in [0.15, 0.2) is 6.10 Å². The molecule has 1 aromatic heterocycles. The average molecular weight is 347 g/mol. The van der Waals surface area contributed by atoms with Crippen molar-refractivity contribution >= 4 is 34.1 Å². The van der Waals surface area contributed by atoms with Gasteiger partial charge in [0, 0.05) is 18.5 Å². The van der Waals surface area contributed by atoms with Crippen LogP contribution in [0.5, 0.6) is 5.75 Å². The van der Waals surface area contributed by atoms with Crippen LogP contribution in [-0.4, -0.2) is 29.4 Å². The summed E-state index contributed by atoms with van der Waals surface area (Å²) in [6, 6.07) is 16.5. The molecule has 1 aliphatic rings. The van der Waals surface area contributed by atoms with Crippen molar-refractivity contribution in [1.82, 2.24) is 4.98 Å². The van der Waals surface area contributed by atoms with Gasteiger partial charge in [-0.25, -0.2) is 0 Å². The first kappa shape index (κ1) is 16.1. The molecule has 0 saturated carbocycles. The Morgan fingerprint density at radius 3 is 2.81 bits per heavy atom. The molecule has 130 valence electrons. The highest BCUT2D eigenvalue weighted by atomic mass is 16.5. The number of nitrogens with one attached hydrogen (secondary N) is 1. The van der Waals surface area contributed by atoms with E-state index in [0.717, 1.165) is 10.9 Å². The van der Waals surface area contributed by atoms with E-state index in [1.165, 1.54) is 6.92 Å². The maximum absolute atomic E-state index is 12.8. The Hall–Kier alpha value is -3.41. The number of benzene rings is 2. The van der Waals surface area contributed by atoms with Gasteiger partial charge in [-0.15, -0.1) is 0 Å². The van der Waals surface area contributed by atoms with Crippen LogP contribution in [0.2, 0.25) is 0 Å². The summed E-state index contributed by atoms with van der Waals surface area (Å²) in [6.07, 6.45) is 0.917. The van der Waals surface area contributed by atoms with Gasteiger partial charge in [0.05, 0.1) is 23.4 Å². The largest absolute Gasteiger partial charge is 0.476 e. The number of para-hydroxylation sites is 2. The van der Waals surface area contributed by atoms with Gasteiger partial charge in [0.1, 0.15) is 5.75 Å². The van der Waals surface area contributed by atoms with Crippen molar-refractivity contribution in [3.8, 4) is 5.75 Å². The zero-order chi connectivity index (χ0) is 18.1. The van der Waals surface area contributed by atoms with Gasteiger partial charge in [0.2, 0.25) is 5.91 Å². The number of nitrogens with zero attached hydrogens (tertiary/aromatic N) is 2. The maximum atomic E-state index is 12.8. The standard InChI is InChI=1S/C20H17N3O3/c1-13(24)23-12-19(26-18-10-3-2-9-17(18)23)20(25)22-16-8-4-7-15-14(16)6-5-11-21-15/h2-11,19H,12H2,1H3,(H,22,25)/t19-/m0/s1. The second-order valence-corrected chi connectivity index (χ2v) is 6.07. The second kappa shape index (κ2) is 6.48. The molecule has 0 radical (unpaired) electrons. The Morgan fingerprint density at radius 1 is 1.12 bits per heavy atom. The fourth-order valence-corrected chi connectivity index (χ4v) is 3.09. The van der Waals surface area contributed by atoms with Crippen molar-refractivity contribution < 1.29 is 14.3 Å². The van der Waals surface area contributed by atoms with Crippen molar-refractivity contribution in [2.24, 2.45) is 0 Å². The zero-order valence-corrected chi connectivity index (χ0v) is 14.2. The fourth-order valence-electron chi connectivity index (χ4n) is 3.09. The lowest BCUT2D eigenvalue weighted by atomic mass is 10.1. The minimum atomic E-state index is -0.791. The van der Waals surface area contributed by atoms with Crippen LogP contribution in [0.4, 0.5) is 11.4 Å². The van der Waals surface area contributed by atoms with E-state index in [1.54, 1.807) is 23.2 Å². The highest BCUT2D eigenvalue weighted by molar-refractivity contribution is 6.04. The van der Waals surface area contributed by atoms with Crippen molar-refractivity contribution in [3.05, 3.63) is 60.8 Å². The summed E-state index contributed by atoms with van der Waals surface area (Å²) in [4.78, 5) is 30.6. The number of amides is 2. The number of fused-ring (bicyclic) bond motifs is 2. The summed E-state index contributed by atoms with van der Waals surface area (Å²) in [5, 5.41) is 3.75. The van der Waals surface area contributed by atoms with E-state index < -0.39 is 6.10 Å². The minimum absolute atomic E-state index is 0.132. The van der Waals surface area contributed by atoms with Gasteiger partial charge in [-0.2, -0.15) is 0 Å². The van der Waals surface area contributed by atoms with Gasteiger partial charge in [-0.05, 0) is 36.4 Å². The molecule has 2 amide bonds. The van der Waals surface area contributed by atoms with Crippen LogP contribution in [0.25, 0.3) is 10.9 Å². The number of hydrogen-bond acceptors (Lipinski definition) is 4. The Kier molecular flexibility index (Phi) is 4.01. The second-order valence-electron chi connectivity index (χ2n) is 6.07. The van der Waals surface area contributed by atoms with Crippen molar-refractivity contribution in [2.75, 3.05) is 16.8 Å². The summed E-state index contributed by atoms with van der Waals surface area (Å²) in [5.74, 6) is 0.0868. The number of ether oxygens (including phenoxy) is 1. The summed E-state index contributed by atoms with van der Waals surface area (Å²) in [6.45, 7) is 1.65. The first-order chi connectivity index (χ1) is 12.6. The lowest BCUT2D eigenvalue weighted by molar-refractivity contribution is -0.123. The van der Waals surface area contributed by atoms with Crippen LogP contribution in [-0.2, 0) is 9.59 Å². The summed E-state index contributed by atoms with van der Waals surface area (Å²) in [5.41, 5.74) is 2.14. The molecule has 6 nitrogen and oxygen atoms in total. The molecule has 0 saturated heterocycles. The smallest absolute Gasteiger partial charge is 0.267 e. The van der Waals surface area contributed by atoms with E-state index in [4.69, 9.17) is 4.74 Å². The number of hydrogen-bond donors (Lipinski definition) is 1. The average Bonchev–Trinajstić information content (AvgIpc) is 2.67. The molecule has 4 rings (SSSR count). The molecule has 0 unspecified atom stereocenters. The topological polar surface area (TPSA) is 71.5 Å². The lowest BCUT2D eigenvalue weighted by Gasteiger charge is -2.33.